The Kier molecular flexibility index (Phi) is 4.25. The number of fused-ring (bicyclic) bond motifs is 1. The number of likely N-dealkylation sites (tertiary alicyclic amines) is 1. The SMILES string of the molecule is O=C(NO)C1CC2(CC2)CNC1C(=O)N1CCC2(CC1)Cc1ccccc1C2. The zero-order valence-corrected chi connectivity index (χ0v) is 16.2. The minimum absolute atomic E-state index is 0.0226. The fourth-order valence-corrected chi connectivity index (χ4v) is 5.79. The summed E-state index contributed by atoms with van der Waals surface area (Å²) >= 11 is 0. The molecule has 2 aliphatic carbocycles. The van der Waals surface area contributed by atoms with E-state index in [4.69, 9.17) is 5.21 Å². The van der Waals surface area contributed by atoms with Crippen LogP contribution in [0.2, 0.25) is 0 Å². The molecule has 0 bridgehead atoms. The van der Waals surface area contributed by atoms with Crippen molar-refractivity contribution in [1.82, 2.24) is 15.7 Å². The third-order valence-corrected chi connectivity index (χ3v) is 7.81. The molecular weight excluding hydrogens is 354 g/mol. The fraction of sp³-hybridized carbons (Fsp3) is 0.636. The van der Waals surface area contributed by atoms with Gasteiger partial charge >= 0.3 is 0 Å². The number of hydroxylamine groups is 1. The van der Waals surface area contributed by atoms with Crippen molar-refractivity contribution in [2.75, 3.05) is 19.6 Å². The number of rotatable bonds is 2. The summed E-state index contributed by atoms with van der Waals surface area (Å²) in [4.78, 5) is 27.4. The van der Waals surface area contributed by atoms with Gasteiger partial charge in [-0.3, -0.25) is 14.8 Å². The number of nitrogens with one attached hydrogen (secondary N) is 2. The molecule has 3 fully saturated rings. The molecule has 2 spiro atoms. The largest absolute Gasteiger partial charge is 0.341 e. The van der Waals surface area contributed by atoms with Crippen molar-refractivity contribution in [3.8, 4) is 0 Å². The zero-order chi connectivity index (χ0) is 19.4. The quantitative estimate of drug-likeness (QED) is 0.536. The lowest BCUT2D eigenvalue weighted by Gasteiger charge is -2.43. The van der Waals surface area contributed by atoms with Crippen molar-refractivity contribution < 1.29 is 14.8 Å². The van der Waals surface area contributed by atoms with Crippen LogP contribution in [0.1, 0.15) is 43.2 Å². The van der Waals surface area contributed by atoms with Crippen molar-refractivity contribution in [2.24, 2.45) is 16.7 Å². The minimum Gasteiger partial charge on any atom is -0.341 e. The molecule has 0 aromatic heterocycles. The van der Waals surface area contributed by atoms with E-state index in [0.29, 0.717) is 11.8 Å². The highest BCUT2D eigenvalue weighted by molar-refractivity contribution is 5.90. The summed E-state index contributed by atoms with van der Waals surface area (Å²) in [5.74, 6) is -0.897. The second kappa shape index (κ2) is 6.56. The smallest absolute Gasteiger partial charge is 0.248 e. The number of nitrogens with zero attached hydrogens (tertiary/aromatic N) is 1. The van der Waals surface area contributed by atoms with Crippen molar-refractivity contribution in [2.45, 2.75) is 51.0 Å². The molecule has 1 aromatic rings. The standard InChI is InChI=1S/C22H29N3O3/c26-19(24-28)17-13-22(5-6-22)14-23-18(17)20(27)25-9-7-21(8-10-25)11-15-3-1-2-4-16(15)12-21/h1-4,17-18,23,28H,5-14H2,(H,24,26). The van der Waals surface area contributed by atoms with Gasteiger partial charge in [0.1, 0.15) is 0 Å². The third-order valence-electron chi connectivity index (χ3n) is 7.81. The molecule has 150 valence electrons. The second-order valence-corrected chi connectivity index (χ2v) is 9.59. The van der Waals surface area contributed by atoms with Crippen LogP contribution in [-0.2, 0) is 22.4 Å². The average Bonchev–Trinajstić information content (AvgIpc) is 3.37. The Morgan fingerprint density at radius 1 is 1.04 bits per heavy atom. The molecule has 4 aliphatic rings. The Hall–Kier alpha value is -1.92. The van der Waals surface area contributed by atoms with Crippen LogP contribution in [0.15, 0.2) is 24.3 Å². The fourth-order valence-electron chi connectivity index (χ4n) is 5.79. The van der Waals surface area contributed by atoms with Crippen LogP contribution in [0.4, 0.5) is 0 Å². The average molecular weight is 383 g/mol. The van der Waals surface area contributed by atoms with Gasteiger partial charge in [-0.1, -0.05) is 24.3 Å². The first-order valence-corrected chi connectivity index (χ1v) is 10.6. The molecule has 2 unspecified atom stereocenters. The summed E-state index contributed by atoms with van der Waals surface area (Å²) in [6.07, 6.45) is 7.15. The van der Waals surface area contributed by atoms with E-state index in [2.05, 4.69) is 29.6 Å². The number of hydrogen-bond acceptors (Lipinski definition) is 4. The predicted octanol–water partition coefficient (Wildman–Crippen LogP) is 1.66. The van der Waals surface area contributed by atoms with Gasteiger partial charge in [-0.2, -0.15) is 0 Å². The van der Waals surface area contributed by atoms with E-state index in [1.807, 2.05) is 4.90 Å². The van der Waals surface area contributed by atoms with Gasteiger partial charge in [-0.05, 0) is 66.9 Å². The Bertz CT molecular complexity index is 769. The van der Waals surface area contributed by atoms with E-state index in [1.54, 1.807) is 5.48 Å². The first-order valence-electron chi connectivity index (χ1n) is 10.6. The van der Waals surface area contributed by atoms with E-state index in [9.17, 15) is 9.59 Å². The summed E-state index contributed by atoms with van der Waals surface area (Å²) in [5.41, 5.74) is 5.17. The molecule has 2 aliphatic heterocycles. The highest BCUT2D eigenvalue weighted by Gasteiger charge is 2.53. The number of hydrogen-bond donors (Lipinski definition) is 3. The van der Waals surface area contributed by atoms with Gasteiger partial charge in [0, 0.05) is 19.6 Å². The van der Waals surface area contributed by atoms with Gasteiger partial charge in [-0.15, -0.1) is 0 Å². The van der Waals surface area contributed by atoms with Crippen LogP contribution in [0.5, 0.6) is 0 Å². The van der Waals surface area contributed by atoms with Crippen LogP contribution < -0.4 is 10.8 Å². The van der Waals surface area contributed by atoms with E-state index in [1.165, 1.54) is 11.1 Å². The predicted molar refractivity (Wildman–Crippen MR) is 104 cm³/mol. The van der Waals surface area contributed by atoms with E-state index in [0.717, 1.165) is 58.2 Å². The second-order valence-electron chi connectivity index (χ2n) is 9.59. The number of amides is 2. The summed E-state index contributed by atoms with van der Waals surface area (Å²) in [6.45, 7) is 2.30. The number of benzene rings is 1. The van der Waals surface area contributed by atoms with Crippen molar-refractivity contribution in [3.63, 3.8) is 0 Å². The first kappa shape index (κ1) is 18.1. The summed E-state index contributed by atoms with van der Waals surface area (Å²) in [6, 6.07) is 8.18. The van der Waals surface area contributed by atoms with E-state index < -0.39 is 17.9 Å². The summed E-state index contributed by atoms with van der Waals surface area (Å²) < 4.78 is 0. The Morgan fingerprint density at radius 2 is 1.68 bits per heavy atom. The lowest BCUT2D eigenvalue weighted by atomic mass is 9.75. The highest BCUT2D eigenvalue weighted by atomic mass is 16.5. The van der Waals surface area contributed by atoms with E-state index >= 15 is 0 Å². The maximum atomic E-state index is 13.2. The Balaban J connectivity index is 1.25. The van der Waals surface area contributed by atoms with Crippen molar-refractivity contribution in [1.29, 1.82) is 0 Å². The monoisotopic (exact) mass is 383 g/mol. The molecule has 2 heterocycles. The van der Waals surface area contributed by atoms with Gasteiger partial charge in [0.25, 0.3) is 0 Å². The normalized spacial score (nSPS) is 29.5. The maximum absolute atomic E-state index is 13.2. The van der Waals surface area contributed by atoms with Gasteiger partial charge in [-0.25, -0.2) is 5.48 Å². The molecule has 2 amide bonds. The molecule has 3 N–H and O–H groups in total. The van der Waals surface area contributed by atoms with Crippen molar-refractivity contribution in [3.05, 3.63) is 35.4 Å². The molecule has 2 saturated heterocycles. The summed E-state index contributed by atoms with van der Waals surface area (Å²) in [7, 11) is 0. The van der Waals surface area contributed by atoms with Crippen molar-refractivity contribution >= 4 is 11.8 Å². The van der Waals surface area contributed by atoms with Gasteiger partial charge < -0.3 is 10.2 Å². The van der Waals surface area contributed by atoms with Gasteiger partial charge in [0.05, 0.1) is 12.0 Å². The molecule has 0 radical (unpaired) electrons. The number of piperidine rings is 2. The highest BCUT2D eigenvalue weighted by Crippen LogP contribution is 2.53. The number of carbonyl (C=O) groups is 2. The maximum Gasteiger partial charge on any atom is 0.248 e. The molecule has 5 rings (SSSR count). The molecule has 6 nitrogen and oxygen atoms in total. The Labute approximate surface area is 165 Å². The van der Waals surface area contributed by atoms with Gasteiger partial charge in [0.15, 0.2) is 0 Å². The third kappa shape index (κ3) is 3.03. The molecule has 1 aromatic carbocycles. The van der Waals surface area contributed by atoms with Crippen LogP contribution in [0, 0.1) is 16.7 Å². The molecule has 28 heavy (non-hydrogen) atoms. The molecule has 1 saturated carbocycles. The van der Waals surface area contributed by atoms with Crippen LogP contribution in [0.25, 0.3) is 0 Å². The molecular formula is C22H29N3O3. The summed E-state index contributed by atoms with van der Waals surface area (Å²) in [5, 5.41) is 12.5. The lowest BCUT2D eigenvalue weighted by molar-refractivity contribution is -0.146. The Morgan fingerprint density at radius 3 is 2.25 bits per heavy atom. The molecule has 2 atom stereocenters. The zero-order valence-electron chi connectivity index (χ0n) is 16.2. The topological polar surface area (TPSA) is 81.7 Å². The van der Waals surface area contributed by atoms with Crippen LogP contribution in [0.3, 0.4) is 0 Å². The van der Waals surface area contributed by atoms with Crippen LogP contribution >= 0.6 is 0 Å². The molecule has 6 heteroatoms. The minimum atomic E-state index is -0.520. The van der Waals surface area contributed by atoms with E-state index in [-0.39, 0.29) is 11.3 Å². The van der Waals surface area contributed by atoms with Crippen LogP contribution in [-0.4, -0.2) is 47.6 Å². The number of carbonyl (C=O) groups excluding carboxylic acids is 2. The first-order chi connectivity index (χ1) is 13.5. The van der Waals surface area contributed by atoms with Gasteiger partial charge in [0.2, 0.25) is 11.8 Å². The lowest BCUT2D eigenvalue weighted by Crippen LogP contribution is -2.60.